The molecule has 0 unspecified atom stereocenters. The lowest BCUT2D eigenvalue weighted by atomic mass is 9.89. The fourth-order valence-electron chi connectivity index (χ4n) is 3.70. The summed E-state index contributed by atoms with van der Waals surface area (Å²) in [5.41, 5.74) is 1.43. The SMILES string of the molecule is CCc1cc2c(cc1-c1cnc(NC(=O)c3c(F)cccc3F)cn1)OC(C)(C)CC2=O. The zero-order valence-corrected chi connectivity index (χ0v) is 17.8. The average molecular weight is 437 g/mol. The number of ether oxygens (including phenoxy) is 1. The van der Waals surface area contributed by atoms with Gasteiger partial charge in [-0.1, -0.05) is 13.0 Å². The molecule has 0 saturated carbocycles. The summed E-state index contributed by atoms with van der Waals surface area (Å²) in [6, 6.07) is 6.79. The van der Waals surface area contributed by atoms with Gasteiger partial charge in [0.2, 0.25) is 0 Å². The minimum Gasteiger partial charge on any atom is -0.487 e. The van der Waals surface area contributed by atoms with E-state index >= 15 is 0 Å². The molecule has 0 atom stereocenters. The van der Waals surface area contributed by atoms with Crippen molar-refractivity contribution in [1.82, 2.24) is 9.97 Å². The molecular weight excluding hydrogens is 416 g/mol. The van der Waals surface area contributed by atoms with Crippen LogP contribution in [0.5, 0.6) is 5.75 Å². The Morgan fingerprint density at radius 3 is 2.47 bits per heavy atom. The fourth-order valence-corrected chi connectivity index (χ4v) is 3.70. The lowest BCUT2D eigenvalue weighted by molar-refractivity contribution is 0.0620. The summed E-state index contributed by atoms with van der Waals surface area (Å²) in [5.74, 6) is -2.32. The van der Waals surface area contributed by atoms with Crippen molar-refractivity contribution in [2.45, 2.75) is 39.2 Å². The van der Waals surface area contributed by atoms with Crippen LogP contribution in [0.4, 0.5) is 14.6 Å². The number of hydrogen-bond acceptors (Lipinski definition) is 5. The van der Waals surface area contributed by atoms with Gasteiger partial charge >= 0.3 is 0 Å². The molecule has 0 saturated heterocycles. The second kappa shape index (κ2) is 8.11. The first-order valence-electron chi connectivity index (χ1n) is 10.2. The Morgan fingerprint density at radius 1 is 1.12 bits per heavy atom. The number of aromatic nitrogens is 2. The van der Waals surface area contributed by atoms with Crippen LogP contribution < -0.4 is 10.1 Å². The summed E-state index contributed by atoms with van der Waals surface area (Å²) in [4.78, 5) is 33.3. The molecule has 0 spiro atoms. The molecular formula is C24H21F2N3O3. The van der Waals surface area contributed by atoms with Crippen molar-refractivity contribution >= 4 is 17.5 Å². The Kier molecular flexibility index (Phi) is 5.46. The smallest absolute Gasteiger partial charge is 0.262 e. The minimum atomic E-state index is -0.966. The number of aryl methyl sites for hydroxylation is 1. The summed E-state index contributed by atoms with van der Waals surface area (Å²) in [6.45, 7) is 5.68. The maximum atomic E-state index is 13.8. The second-order valence-electron chi connectivity index (χ2n) is 8.16. The van der Waals surface area contributed by atoms with E-state index in [1.165, 1.54) is 18.5 Å². The molecule has 0 bridgehead atoms. The summed E-state index contributed by atoms with van der Waals surface area (Å²) < 4.78 is 33.6. The molecule has 1 N–H and O–H groups in total. The van der Waals surface area contributed by atoms with Crippen LogP contribution in [0.25, 0.3) is 11.3 Å². The van der Waals surface area contributed by atoms with Crippen molar-refractivity contribution in [3.63, 3.8) is 0 Å². The topological polar surface area (TPSA) is 81.2 Å². The second-order valence-corrected chi connectivity index (χ2v) is 8.16. The first-order valence-corrected chi connectivity index (χ1v) is 10.2. The third kappa shape index (κ3) is 4.08. The number of benzene rings is 2. The van der Waals surface area contributed by atoms with Crippen LogP contribution in [0.3, 0.4) is 0 Å². The molecule has 0 radical (unpaired) electrons. The van der Waals surface area contributed by atoms with E-state index < -0.39 is 28.7 Å². The van der Waals surface area contributed by atoms with Crippen molar-refractivity contribution in [3.8, 4) is 17.0 Å². The number of amides is 1. The Labute approximate surface area is 183 Å². The molecule has 1 aliphatic heterocycles. The van der Waals surface area contributed by atoms with Gasteiger partial charge in [0.15, 0.2) is 11.6 Å². The largest absolute Gasteiger partial charge is 0.487 e. The average Bonchev–Trinajstić information content (AvgIpc) is 2.72. The number of anilines is 1. The van der Waals surface area contributed by atoms with Gasteiger partial charge in [-0.15, -0.1) is 0 Å². The normalized spacial score (nSPS) is 14.5. The number of rotatable bonds is 4. The highest BCUT2D eigenvalue weighted by molar-refractivity contribution is 6.04. The van der Waals surface area contributed by atoms with E-state index in [4.69, 9.17) is 4.74 Å². The highest BCUT2D eigenvalue weighted by atomic mass is 19.1. The number of nitrogens with one attached hydrogen (secondary N) is 1. The predicted octanol–water partition coefficient (Wildman–Crippen LogP) is 4.98. The van der Waals surface area contributed by atoms with Gasteiger partial charge in [-0.2, -0.15) is 0 Å². The van der Waals surface area contributed by atoms with Gasteiger partial charge in [0, 0.05) is 5.56 Å². The first-order chi connectivity index (χ1) is 15.2. The van der Waals surface area contributed by atoms with Crippen molar-refractivity contribution in [3.05, 3.63) is 71.1 Å². The number of carbonyl (C=O) groups excluding carboxylic acids is 2. The Hall–Kier alpha value is -3.68. The number of nitrogens with zero attached hydrogens (tertiary/aromatic N) is 2. The minimum absolute atomic E-state index is 0.0296. The molecule has 6 nitrogen and oxygen atoms in total. The summed E-state index contributed by atoms with van der Waals surface area (Å²) >= 11 is 0. The van der Waals surface area contributed by atoms with E-state index in [2.05, 4.69) is 15.3 Å². The molecule has 2 aromatic carbocycles. The lowest BCUT2D eigenvalue weighted by Crippen LogP contribution is -2.36. The molecule has 164 valence electrons. The molecule has 1 aromatic heterocycles. The molecule has 32 heavy (non-hydrogen) atoms. The molecule has 3 aromatic rings. The highest BCUT2D eigenvalue weighted by Crippen LogP contribution is 2.38. The van der Waals surface area contributed by atoms with E-state index in [1.807, 2.05) is 26.8 Å². The van der Waals surface area contributed by atoms with Crippen molar-refractivity contribution < 1.29 is 23.1 Å². The lowest BCUT2D eigenvalue weighted by Gasteiger charge is -2.32. The number of halogens is 2. The zero-order valence-electron chi connectivity index (χ0n) is 17.8. The molecule has 1 amide bonds. The Bertz CT molecular complexity index is 1200. The van der Waals surface area contributed by atoms with Gasteiger partial charge in [-0.3, -0.25) is 14.6 Å². The highest BCUT2D eigenvalue weighted by Gasteiger charge is 2.33. The van der Waals surface area contributed by atoms with Gasteiger partial charge in [-0.05, 0) is 50.1 Å². The van der Waals surface area contributed by atoms with Gasteiger partial charge in [0.1, 0.15) is 28.5 Å². The maximum Gasteiger partial charge on any atom is 0.262 e. The van der Waals surface area contributed by atoms with Crippen LogP contribution in [-0.4, -0.2) is 27.3 Å². The molecule has 8 heteroatoms. The van der Waals surface area contributed by atoms with Gasteiger partial charge < -0.3 is 10.1 Å². The van der Waals surface area contributed by atoms with Crippen molar-refractivity contribution in [2.75, 3.05) is 5.32 Å². The standard InChI is InChI=1S/C24H21F2N3O3/c1-4-13-8-15-19(30)10-24(2,3)32-20(15)9-14(13)18-11-28-21(12-27-18)29-23(31)22-16(25)6-5-7-17(22)26/h5-9,11-12H,4,10H2,1-3H3,(H,28,29,31). The van der Waals surface area contributed by atoms with Crippen LogP contribution in [0.15, 0.2) is 42.7 Å². The number of Topliss-reactive ketones (excluding diaryl/α,β-unsaturated/α-hetero) is 1. The monoisotopic (exact) mass is 437 g/mol. The number of fused-ring (bicyclic) bond motifs is 1. The van der Waals surface area contributed by atoms with Gasteiger partial charge in [-0.25, -0.2) is 13.8 Å². The van der Waals surface area contributed by atoms with Crippen LogP contribution in [0.2, 0.25) is 0 Å². The first kappa shape index (κ1) is 21.5. The Morgan fingerprint density at radius 2 is 1.84 bits per heavy atom. The summed E-state index contributed by atoms with van der Waals surface area (Å²) in [7, 11) is 0. The molecule has 0 fully saturated rings. The summed E-state index contributed by atoms with van der Waals surface area (Å²) in [6.07, 6.45) is 3.72. The van der Waals surface area contributed by atoms with Crippen LogP contribution in [-0.2, 0) is 6.42 Å². The third-order valence-electron chi connectivity index (χ3n) is 5.22. The van der Waals surface area contributed by atoms with Crippen LogP contribution >= 0.6 is 0 Å². The summed E-state index contributed by atoms with van der Waals surface area (Å²) in [5, 5.41) is 2.35. The predicted molar refractivity (Wildman–Crippen MR) is 115 cm³/mol. The molecule has 0 aliphatic carbocycles. The number of hydrogen-bond donors (Lipinski definition) is 1. The molecule has 1 aliphatic rings. The van der Waals surface area contributed by atoms with Crippen molar-refractivity contribution in [1.29, 1.82) is 0 Å². The van der Waals surface area contributed by atoms with Crippen molar-refractivity contribution in [2.24, 2.45) is 0 Å². The van der Waals surface area contributed by atoms with E-state index in [-0.39, 0.29) is 11.6 Å². The van der Waals surface area contributed by atoms with Gasteiger partial charge in [0.05, 0.1) is 30.1 Å². The van der Waals surface area contributed by atoms with Gasteiger partial charge in [0.25, 0.3) is 5.91 Å². The Balaban J connectivity index is 1.63. The van der Waals surface area contributed by atoms with E-state index in [1.54, 1.807) is 6.07 Å². The van der Waals surface area contributed by atoms with E-state index in [9.17, 15) is 18.4 Å². The van der Waals surface area contributed by atoms with Crippen LogP contribution in [0.1, 0.15) is 53.5 Å². The number of carbonyl (C=O) groups is 2. The molecule has 4 rings (SSSR count). The quantitative estimate of drug-likeness (QED) is 0.623. The number of ketones is 1. The third-order valence-corrected chi connectivity index (χ3v) is 5.22. The zero-order chi connectivity index (χ0) is 23.0. The van der Waals surface area contributed by atoms with Crippen LogP contribution in [0, 0.1) is 11.6 Å². The maximum absolute atomic E-state index is 13.8. The fraction of sp³-hybridized carbons (Fsp3) is 0.250. The molecule has 2 heterocycles. The van der Waals surface area contributed by atoms with E-state index in [0.717, 1.165) is 23.3 Å². The van der Waals surface area contributed by atoms with E-state index in [0.29, 0.717) is 29.8 Å².